The molecular formula is C21H28FN7O. The van der Waals surface area contributed by atoms with Gasteiger partial charge in [-0.25, -0.2) is 14.4 Å². The first kappa shape index (κ1) is 20.3. The third-order valence-electron chi connectivity index (χ3n) is 5.82. The third-order valence-corrected chi connectivity index (χ3v) is 5.82. The van der Waals surface area contributed by atoms with Crippen LogP contribution >= 0.6 is 0 Å². The highest BCUT2D eigenvalue weighted by Crippen LogP contribution is 2.27. The molecule has 2 aromatic heterocycles. The van der Waals surface area contributed by atoms with E-state index in [1.165, 1.54) is 12.8 Å². The number of hydrogen-bond donors (Lipinski definition) is 4. The van der Waals surface area contributed by atoms with Gasteiger partial charge in [-0.05, 0) is 43.9 Å². The second-order valence-corrected chi connectivity index (χ2v) is 8.00. The van der Waals surface area contributed by atoms with Gasteiger partial charge >= 0.3 is 0 Å². The van der Waals surface area contributed by atoms with Gasteiger partial charge in [-0.15, -0.1) is 0 Å². The Bertz CT molecular complexity index is 899. The summed E-state index contributed by atoms with van der Waals surface area (Å²) in [6, 6.07) is 4.77. The van der Waals surface area contributed by atoms with Crippen LogP contribution in [-0.4, -0.2) is 41.0 Å². The van der Waals surface area contributed by atoms with Crippen molar-refractivity contribution in [2.24, 2.45) is 11.5 Å². The Morgan fingerprint density at radius 1 is 1.13 bits per heavy atom. The molecule has 8 nitrogen and oxygen atoms in total. The molecule has 2 fully saturated rings. The molecule has 1 aliphatic heterocycles. The number of halogens is 1. The predicted molar refractivity (Wildman–Crippen MR) is 116 cm³/mol. The molecule has 0 spiro atoms. The molecular weight excluding hydrogens is 385 g/mol. The van der Waals surface area contributed by atoms with Crippen molar-refractivity contribution < 1.29 is 9.18 Å². The van der Waals surface area contributed by atoms with Crippen molar-refractivity contribution in [1.29, 1.82) is 0 Å². The number of anilines is 4. The highest BCUT2D eigenvalue weighted by molar-refractivity contribution is 5.98. The van der Waals surface area contributed by atoms with Crippen molar-refractivity contribution >= 4 is 29.0 Å². The van der Waals surface area contributed by atoms with Gasteiger partial charge in [0.05, 0.1) is 17.4 Å². The summed E-state index contributed by atoms with van der Waals surface area (Å²) in [5.41, 5.74) is 12.2. The number of carbonyl (C=O) groups is 1. The summed E-state index contributed by atoms with van der Waals surface area (Å²) in [4.78, 5) is 22.9. The van der Waals surface area contributed by atoms with E-state index >= 15 is 0 Å². The van der Waals surface area contributed by atoms with Crippen molar-refractivity contribution in [3.05, 3.63) is 35.8 Å². The number of hydrogen-bond acceptors (Lipinski definition) is 7. The maximum Gasteiger partial charge on any atom is 0.252 e. The van der Waals surface area contributed by atoms with Crippen molar-refractivity contribution in [3.8, 4) is 0 Å². The van der Waals surface area contributed by atoms with Crippen LogP contribution in [0.5, 0.6) is 0 Å². The van der Waals surface area contributed by atoms with Gasteiger partial charge < -0.3 is 27.0 Å². The maximum absolute atomic E-state index is 14.6. The smallest absolute Gasteiger partial charge is 0.252 e. The summed E-state index contributed by atoms with van der Waals surface area (Å²) in [6.07, 6.45) is 7.86. The normalized spacial score (nSPS) is 21.5. The van der Waals surface area contributed by atoms with Crippen molar-refractivity contribution in [3.63, 3.8) is 0 Å². The number of amides is 1. The van der Waals surface area contributed by atoms with E-state index in [2.05, 4.69) is 25.5 Å². The first-order chi connectivity index (χ1) is 14.5. The highest BCUT2D eigenvalue weighted by Gasteiger charge is 2.24. The van der Waals surface area contributed by atoms with Gasteiger partial charge in [-0.3, -0.25) is 4.79 Å². The van der Waals surface area contributed by atoms with E-state index in [0.717, 1.165) is 50.7 Å². The van der Waals surface area contributed by atoms with Gasteiger partial charge in [-0.1, -0.05) is 12.8 Å². The number of nitrogens with one attached hydrogen (secondary N) is 2. The van der Waals surface area contributed by atoms with Crippen LogP contribution in [0.25, 0.3) is 0 Å². The number of carbonyl (C=O) groups excluding carboxylic acids is 1. The molecule has 9 heteroatoms. The molecule has 0 unspecified atom stereocenters. The van der Waals surface area contributed by atoms with Crippen LogP contribution < -0.4 is 27.0 Å². The number of pyridine rings is 2. The Morgan fingerprint density at radius 3 is 2.57 bits per heavy atom. The van der Waals surface area contributed by atoms with E-state index in [4.69, 9.17) is 11.5 Å². The lowest BCUT2D eigenvalue weighted by Gasteiger charge is -2.30. The average Bonchev–Trinajstić information content (AvgIpc) is 3.27. The van der Waals surface area contributed by atoms with Crippen LogP contribution in [0.2, 0.25) is 0 Å². The number of nitrogens with zero attached hydrogens (tertiary/aromatic N) is 3. The molecule has 1 saturated heterocycles. The van der Waals surface area contributed by atoms with Crippen molar-refractivity contribution in [2.75, 3.05) is 28.6 Å². The Labute approximate surface area is 175 Å². The topological polar surface area (TPSA) is 122 Å². The summed E-state index contributed by atoms with van der Waals surface area (Å²) >= 11 is 0. The minimum Gasteiger partial charge on any atom is -0.365 e. The Kier molecular flexibility index (Phi) is 5.98. The van der Waals surface area contributed by atoms with E-state index in [9.17, 15) is 9.18 Å². The molecule has 1 amide bonds. The van der Waals surface area contributed by atoms with Crippen molar-refractivity contribution in [2.45, 2.75) is 50.6 Å². The van der Waals surface area contributed by atoms with E-state index < -0.39 is 11.7 Å². The quantitative estimate of drug-likeness (QED) is 0.574. The lowest BCUT2D eigenvalue weighted by molar-refractivity contribution is 0.100. The maximum atomic E-state index is 14.6. The van der Waals surface area contributed by atoms with Gasteiger partial charge in [0, 0.05) is 25.2 Å². The van der Waals surface area contributed by atoms with Crippen LogP contribution in [0.3, 0.4) is 0 Å². The molecule has 0 radical (unpaired) electrons. The third kappa shape index (κ3) is 4.46. The SMILES string of the molecule is NC(=O)c1cc(F)c(N[C@@H]2CCCC[C@@H]2N)nc1Nc1ccc(N2CCCC2)nc1. The summed E-state index contributed by atoms with van der Waals surface area (Å²) in [5.74, 6) is -0.229. The first-order valence-corrected chi connectivity index (χ1v) is 10.5. The fourth-order valence-corrected chi connectivity index (χ4v) is 4.12. The Balaban J connectivity index is 1.56. The van der Waals surface area contributed by atoms with E-state index in [0.29, 0.717) is 5.69 Å². The molecule has 2 aromatic rings. The second kappa shape index (κ2) is 8.83. The predicted octanol–water partition coefficient (Wildman–Crippen LogP) is 2.74. The molecule has 4 rings (SSSR count). The zero-order chi connectivity index (χ0) is 21.1. The van der Waals surface area contributed by atoms with Gasteiger partial charge in [0.15, 0.2) is 11.6 Å². The van der Waals surface area contributed by atoms with Gasteiger partial charge in [-0.2, -0.15) is 0 Å². The summed E-state index contributed by atoms with van der Waals surface area (Å²) in [5, 5.41) is 6.17. The van der Waals surface area contributed by atoms with Crippen LogP contribution in [0.15, 0.2) is 24.4 Å². The first-order valence-electron chi connectivity index (χ1n) is 10.5. The minimum atomic E-state index is -0.758. The number of nitrogens with two attached hydrogens (primary N) is 2. The van der Waals surface area contributed by atoms with Crippen LogP contribution in [0, 0.1) is 5.82 Å². The molecule has 3 heterocycles. The van der Waals surface area contributed by atoms with E-state index in [-0.39, 0.29) is 29.3 Å². The highest BCUT2D eigenvalue weighted by atomic mass is 19.1. The average molecular weight is 414 g/mol. The minimum absolute atomic E-state index is 0.0189. The molecule has 0 bridgehead atoms. The number of aromatic nitrogens is 2. The Hall–Kier alpha value is -2.94. The molecule has 2 atom stereocenters. The van der Waals surface area contributed by atoms with Crippen molar-refractivity contribution in [1.82, 2.24) is 9.97 Å². The van der Waals surface area contributed by atoms with E-state index in [1.807, 2.05) is 12.1 Å². The van der Waals surface area contributed by atoms with E-state index in [1.54, 1.807) is 6.20 Å². The molecule has 30 heavy (non-hydrogen) atoms. The van der Waals surface area contributed by atoms with Crippen LogP contribution in [0.4, 0.5) is 27.5 Å². The zero-order valence-electron chi connectivity index (χ0n) is 16.9. The fourth-order valence-electron chi connectivity index (χ4n) is 4.12. The second-order valence-electron chi connectivity index (χ2n) is 8.00. The monoisotopic (exact) mass is 413 g/mol. The lowest BCUT2D eigenvalue weighted by Crippen LogP contribution is -2.43. The Morgan fingerprint density at radius 2 is 1.90 bits per heavy atom. The molecule has 2 aliphatic rings. The number of primary amides is 1. The molecule has 6 N–H and O–H groups in total. The molecule has 1 aliphatic carbocycles. The molecule has 0 aromatic carbocycles. The molecule has 160 valence electrons. The standard InChI is InChI=1S/C21H28FN7O/c22-15-11-14(19(24)30)20(28-21(15)27-17-6-2-1-5-16(17)23)26-13-7-8-18(25-12-13)29-9-3-4-10-29/h7-8,11-12,16-17H,1-6,9-10,23H2,(H2,24,30)(H2,26,27,28)/t16-,17+/m0/s1. The van der Waals surface area contributed by atoms with Gasteiger partial charge in [0.2, 0.25) is 0 Å². The summed E-state index contributed by atoms with van der Waals surface area (Å²) in [7, 11) is 0. The zero-order valence-corrected chi connectivity index (χ0v) is 16.9. The summed E-state index contributed by atoms with van der Waals surface area (Å²) in [6.45, 7) is 2.01. The largest absolute Gasteiger partial charge is 0.365 e. The van der Waals surface area contributed by atoms with Gasteiger partial charge in [0.1, 0.15) is 11.6 Å². The summed E-state index contributed by atoms with van der Waals surface area (Å²) < 4.78 is 14.6. The van der Waals surface area contributed by atoms with Crippen LogP contribution in [0.1, 0.15) is 48.9 Å². The fraction of sp³-hybridized carbons (Fsp3) is 0.476. The van der Waals surface area contributed by atoms with Gasteiger partial charge in [0.25, 0.3) is 5.91 Å². The number of rotatable bonds is 6. The van der Waals surface area contributed by atoms with Crippen LogP contribution in [-0.2, 0) is 0 Å². The lowest BCUT2D eigenvalue weighted by atomic mass is 9.91. The molecule has 1 saturated carbocycles.